The molecule has 2 aliphatic rings. The number of benzene rings is 2. The second kappa shape index (κ2) is 6.04. The number of fused-ring (bicyclic) bond motifs is 3. The zero-order valence-electron chi connectivity index (χ0n) is 13.5. The number of nitrogens with one attached hydrogen (secondary N) is 1. The molecule has 0 bridgehead atoms. The molecule has 1 heterocycles. The highest BCUT2D eigenvalue weighted by Gasteiger charge is 2.39. The van der Waals surface area contributed by atoms with Crippen LogP contribution in [0.4, 0.5) is 11.4 Å². The topological polar surface area (TPSA) is 55.2 Å². The maximum Gasteiger partial charge on any atom is 0.270 e. The van der Waals surface area contributed by atoms with Crippen molar-refractivity contribution in [3.05, 3.63) is 79.3 Å². The first kappa shape index (κ1) is 16.4. The summed E-state index contributed by atoms with van der Waals surface area (Å²) in [5.74, 6) is 0.459. The summed E-state index contributed by atoms with van der Waals surface area (Å²) in [6, 6.07) is 9.12. The van der Waals surface area contributed by atoms with E-state index in [0.717, 1.165) is 28.8 Å². The van der Waals surface area contributed by atoms with Gasteiger partial charge in [-0.05, 0) is 48.1 Å². The van der Waals surface area contributed by atoms with Gasteiger partial charge in [-0.15, -0.1) is 0 Å². The van der Waals surface area contributed by atoms with Crippen LogP contribution in [0.2, 0.25) is 10.0 Å². The molecule has 4 nitrogen and oxygen atoms in total. The average Bonchev–Trinajstić information content (AvgIpc) is 3.06. The van der Waals surface area contributed by atoms with E-state index in [2.05, 4.69) is 17.5 Å². The molecule has 0 saturated carbocycles. The minimum Gasteiger partial charge on any atom is -0.377 e. The fourth-order valence-corrected chi connectivity index (χ4v) is 4.32. The standard InChI is InChI=1S/C19H16Cl2N2O2/c1-10-7-12(23(24)25)9-15-13-3-2-4-14(13)19(22-18(10)15)11-5-6-16(20)17(21)8-11/h2-3,5-9,13-14,19,22H,4H2,1H3/t13-,14-,19+/m0/s1. The van der Waals surface area contributed by atoms with Crippen molar-refractivity contribution in [2.24, 2.45) is 5.92 Å². The van der Waals surface area contributed by atoms with Crippen LogP contribution in [0.25, 0.3) is 0 Å². The molecule has 0 saturated heterocycles. The minimum absolute atomic E-state index is 0.0856. The molecule has 0 aromatic heterocycles. The summed E-state index contributed by atoms with van der Waals surface area (Å²) in [4.78, 5) is 10.9. The normalized spacial score (nSPS) is 23.7. The maximum absolute atomic E-state index is 11.2. The van der Waals surface area contributed by atoms with Gasteiger partial charge >= 0.3 is 0 Å². The Morgan fingerprint density at radius 1 is 1.20 bits per heavy atom. The molecule has 0 fully saturated rings. The third-order valence-corrected chi connectivity index (χ3v) is 5.90. The Morgan fingerprint density at radius 3 is 2.72 bits per heavy atom. The smallest absolute Gasteiger partial charge is 0.270 e. The van der Waals surface area contributed by atoms with E-state index in [4.69, 9.17) is 23.2 Å². The monoisotopic (exact) mass is 374 g/mol. The van der Waals surface area contributed by atoms with Crippen molar-refractivity contribution in [1.82, 2.24) is 0 Å². The van der Waals surface area contributed by atoms with Crippen LogP contribution in [0.15, 0.2) is 42.5 Å². The van der Waals surface area contributed by atoms with E-state index in [1.807, 2.05) is 25.1 Å². The van der Waals surface area contributed by atoms with Crippen LogP contribution in [0, 0.1) is 23.0 Å². The predicted molar refractivity (Wildman–Crippen MR) is 101 cm³/mol. The molecule has 1 aliphatic heterocycles. The lowest BCUT2D eigenvalue weighted by Crippen LogP contribution is -2.29. The summed E-state index contributed by atoms with van der Waals surface area (Å²) >= 11 is 12.3. The molecule has 1 aliphatic carbocycles. The highest BCUT2D eigenvalue weighted by Crippen LogP contribution is 2.51. The Bertz CT molecular complexity index is 911. The van der Waals surface area contributed by atoms with E-state index < -0.39 is 0 Å². The molecule has 1 N–H and O–H groups in total. The van der Waals surface area contributed by atoms with Gasteiger partial charge in [0.25, 0.3) is 5.69 Å². The second-order valence-electron chi connectivity index (χ2n) is 6.63. The van der Waals surface area contributed by atoms with Crippen molar-refractivity contribution in [2.75, 3.05) is 5.32 Å². The van der Waals surface area contributed by atoms with Crippen molar-refractivity contribution in [2.45, 2.75) is 25.3 Å². The van der Waals surface area contributed by atoms with Gasteiger partial charge in [0.15, 0.2) is 0 Å². The van der Waals surface area contributed by atoms with E-state index in [0.29, 0.717) is 16.0 Å². The summed E-state index contributed by atoms with van der Waals surface area (Å²) in [5.41, 5.74) is 4.09. The lowest BCUT2D eigenvalue weighted by Gasteiger charge is -2.38. The lowest BCUT2D eigenvalue weighted by molar-refractivity contribution is -0.385. The predicted octanol–water partition coefficient (Wildman–Crippen LogP) is 6.04. The quantitative estimate of drug-likeness (QED) is 0.396. The number of rotatable bonds is 2. The van der Waals surface area contributed by atoms with Crippen molar-refractivity contribution in [3.63, 3.8) is 0 Å². The summed E-state index contributed by atoms with van der Waals surface area (Å²) in [5, 5.41) is 15.9. The summed E-state index contributed by atoms with van der Waals surface area (Å²) < 4.78 is 0. The largest absolute Gasteiger partial charge is 0.377 e. The van der Waals surface area contributed by atoms with Gasteiger partial charge in [0.1, 0.15) is 0 Å². The number of nitro groups is 1. The number of non-ortho nitro benzene ring substituents is 1. The van der Waals surface area contributed by atoms with E-state index in [1.54, 1.807) is 12.1 Å². The van der Waals surface area contributed by atoms with Gasteiger partial charge in [-0.2, -0.15) is 0 Å². The fourth-order valence-electron chi connectivity index (χ4n) is 4.01. The average molecular weight is 375 g/mol. The molecule has 4 rings (SSSR count). The van der Waals surface area contributed by atoms with Gasteiger partial charge in [0, 0.05) is 23.7 Å². The molecule has 0 unspecified atom stereocenters. The Hall–Kier alpha value is -2.04. The molecule has 2 aromatic rings. The van der Waals surface area contributed by atoms with E-state index in [1.165, 1.54) is 0 Å². The van der Waals surface area contributed by atoms with Crippen LogP contribution in [0.3, 0.4) is 0 Å². The van der Waals surface area contributed by atoms with Crippen molar-refractivity contribution in [3.8, 4) is 0 Å². The number of halogens is 2. The van der Waals surface area contributed by atoms with Gasteiger partial charge in [-0.3, -0.25) is 10.1 Å². The van der Waals surface area contributed by atoms with Crippen molar-refractivity contribution >= 4 is 34.6 Å². The maximum atomic E-state index is 11.2. The molecular weight excluding hydrogens is 359 g/mol. The Labute approximate surface area is 155 Å². The molecular formula is C19H16Cl2N2O2. The van der Waals surface area contributed by atoms with E-state index >= 15 is 0 Å². The van der Waals surface area contributed by atoms with Gasteiger partial charge in [-0.25, -0.2) is 0 Å². The van der Waals surface area contributed by atoms with Crippen molar-refractivity contribution < 1.29 is 4.92 Å². The molecule has 6 heteroatoms. The first-order chi connectivity index (χ1) is 12.0. The number of hydrogen-bond acceptors (Lipinski definition) is 3. The Kier molecular flexibility index (Phi) is 3.97. The number of nitrogens with zero attached hydrogens (tertiary/aromatic N) is 1. The molecule has 0 radical (unpaired) electrons. The zero-order chi connectivity index (χ0) is 17.7. The highest BCUT2D eigenvalue weighted by molar-refractivity contribution is 6.42. The third-order valence-electron chi connectivity index (χ3n) is 5.16. The Balaban J connectivity index is 1.82. The van der Waals surface area contributed by atoms with Gasteiger partial charge in [0.05, 0.1) is 21.0 Å². The summed E-state index contributed by atoms with van der Waals surface area (Å²) in [6.45, 7) is 1.91. The molecule has 0 spiro atoms. The number of anilines is 1. The summed E-state index contributed by atoms with van der Waals surface area (Å²) in [7, 11) is 0. The first-order valence-corrected chi connectivity index (χ1v) is 8.88. The third kappa shape index (κ3) is 2.70. The molecule has 3 atom stereocenters. The molecule has 0 amide bonds. The molecule has 128 valence electrons. The van der Waals surface area contributed by atoms with E-state index in [-0.39, 0.29) is 22.6 Å². The van der Waals surface area contributed by atoms with Gasteiger partial charge in [-0.1, -0.05) is 41.4 Å². The van der Waals surface area contributed by atoms with Crippen LogP contribution in [-0.4, -0.2) is 4.92 Å². The fraction of sp³-hybridized carbons (Fsp3) is 0.263. The van der Waals surface area contributed by atoms with Crippen LogP contribution in [0.5, 0.6) is 0 Å². The summed E-state index contributed by atoms with van der Waals surface area (Å²) in [6.07, 6.45) is 5.24. The first-order valence-electron chi connectivity index (χ1n) is 8.13. The van der Waals surface area contributed by atoms with Gasteiger partial charge < -0.3 is 5.32 Å². The van der Waals surface area contributed by atoms with Crippen LogP contribution in [0.1, 0.15) is 35.1 Å². The Morgan fingerprint density at radius 2 is 2.00 bits per heavy atom. The highest BCUT2D eigenvalue weighted by atomic mass is 35.5. The number of nitro benzene ring substituents is 1. The van der Waals surface area contributed by atoms with Crippen LogP contribution in [-0.2, 0) is 0 Å². The lowest BCUT2D eigenvalue weighted by atomic mass is 9.76. The number of aryl methyl sites for hydroxylation is 1. The van der Waals surface area contributed by atoms with Crippen molar-refractivity contribution in [1.29, 1.82) is 0 Å². The van der Waals surface area contributed by atoms with E-state index in [9.17, 15) is 10.1 Å². The van der Waals surface area contributed by atoms with Crippen LogP contribution < -0.4 is 5.32 Å². The zero-order valence-corrected chi connectivity index (χ0v) is 15.0. The number of allylic oxidation sites excluding steroid dienone is 2. The number of hydrogen-bond donors (Lipinski definition) is 1. The van der Waals surface area contributed by atoms with Gasteiger partial charge in [0.2, 0.25) is 0 Å². The SMILES string of the molecule is Cc1cc([N+](=O)[O-])cc2c1N[C@H](c1ccc(Cl)c(Cl)c1)[C@H]1CC=C[C@H]21. The second-order valence-corrected chi connectivity index (χ2v) is 7.45. The molecule has 2 aromatic carbocycles. The molecule has 25 heavy (non-hydrogen) atoms. The van der Waals surface area contributed by atoms with Crippen LogP contribution >= 0.6 is 23.2 Å². The minimum atomic E-state index is -0.327.